The lowest BCUT2D eigenvalue weighted by atomic mass is 10.2. The molecule has 2 aromatic rings. The van der Waals surface area contributed by atoms with E-state index in [0.29, 0.717) is 31.4 Å². The molecule has 7 nitrogen and oxygen atoms in total. The molecule has 2 heterocycles. The number of hydrogen-bond donors (Lipinski definition) is 2. The SMILES string of the molecule is CCNC(=NCc1ccc(Oc2ccc(F)cc2)nc1)NCCCOCC1CCCO1.I. The number of nitrogens with one attached hydrogen (secondary N) is 2. The third-order valence-electron chi connectivity index (χ3n) is 4.68. The van der Waals surface area contributed by atoms with Crippen LogP contribution in [-0.2, 0) is 16.0 Å². The maximum absolute atomic E-state index is 13.0. The Morgan fingerprint density at radius 3 is 2.75 bits per heavy atom. The first-order chi connectivity index (χ1) is 15.2. The Hall–Kier alpha value is -1.98. The van der Waals surface area contributed by atoms with Gasteiger partial charge in [-0.15, -0.1) is 24.0 Å². The topological polar surface area (TPSA) is 77.0 Å². The van der Waals surface area contributed by atoms with E-state index in [1.807, 2.05) is 13.0 Å². The minimum Gasteiger partial charge on any atom is -0.439 e. The second kappa shape index (κ2) is 15.0. The number of rotatable bonds is 11. The van der Waals surface area contributed by atoms with Gasteiger partial charge in [-0.05, 0) is 56.0 Å². The quantitative estimate of drug-likeness (QED) is 0.186. The first-order valence-corrected chi connectivity index (χ1v) is 10.8. The first kappa shape index (κ1) is 26.3. The van der Waals surface area contributed by atoms with Crippen LogP contribution in [0.1, 0.15) is 31.7 Å². The van der Waals surface area contributed by atoms with Crippen molar-refractivity contribution in [3.8, 4) is 11.6 Å². The van der Waals surface area contributed by atoms with Gasteiger partial charge in [-0.25, -0.2) is 14.4 Å². The maximum Gasteiger partial charge on any atom is 0.219 e. The van der Waals surface area contributed by atoms with Crippen molar-refractivity contribution < 1.29 is 18.6 Å². The monoisotopic (exact) mass is 558 g/mol. The van der Waals surface area contributed by atoms with E-state index in [1.54, 1.807) is 24.4 Å². The predicted molar refractivity (Wildman–Crippen MR) is 133 cm³/mol. The molecule has 1 aromatic heterocycles. The van der Waals surface area contributed by atoms with E-state index in [4.69, 9.17) is 14.2 Å². The van der Waals surface area contributed by atoms with Crippen molar-refractivity contribution in [2.45, 2.75) is 38.8 Å². The molecular formula is C23H32FIN4O3. The molecule has 1 aliphatic heterocycles. The van der Waals surface area contributed by atoms with Gasteiger partial charge in [0.15, 0.2) is 5.96 Å². The molecule has 1 atom stereocenters. The van der Waals surface area contributed by atoms with Crippen molar-refractivity contribution in [3.63, 3.8) is 0 Å². The highest BCUT2D eigenvalue weighted by Gasteiger charge is 2.14. The van der Waals surface area contributed by atoms with Crippen LogP contribution in [0.15, 0.2) is 47.6 Å². The van der Waals surface area contributed by atoms with Gasteiger partial charge in [-0.2, -0.15) is 0 Å². The van der Waals surface area contributed by atoms with Crippen LogP contribution in [0.2, 0.25) is 0 Å². The number of guanidine groups is 1. The van der Waals surface area contributed by atoms with Crippen LogP contribution in [0.5, 0.6) is 11.6 Å². The van der Waals surface area contributed by atoms with Gasteiger partial charge in [0.2, 0.25) is 5.88 Å². The van der Waals surface area contributed by atoms with Crippen LogP contribution in [0, 0.1) is 5.82 Å². The summed E-state index contributed by atoms with van der Waals surface area (Å²) in [4.78, 5) is 8.90. The van der Waals surface area contributed by atoms with Gasteiger partial charge in [-0.3, -0.25) is 0 Å². The van der Waals surface area contributed by atoms with E-state index in [1.165, 1.54) is 12.1 Å². The smallest absolute Gasteiger partial charge is 0.219 e. The number of pyridine rings is 1. The fourth-order valence-corrected chi connectivity index (χ4v) is 3.07. The van der Waals surface area contributed by atoms with Crippen LogP contribution < -0.4 is 15.4 Å². The summed E-state index contributed by atoms with van der Waals surface area (Å²) in [7, 11) is 0. The van der Waals surface area contributed by atoms with Crippen LogP contribution >= 0.6 is 24.0 Å². The van der Waals surface area contributed by atoms with Crippen LogP contribution in [-0.4, -0.2) is 50.0 Å². The number of benzene rings is 1. The summed E-state index contributed by atoms with van der Waals surface area (Å²) < 4.78 is 29.8. The van der Waals surface area contributed by atoms with Crippen LogP contribution in [0.4, 0.5) is 4.39 Å². The maximum atomic E-state index is 13.0. The number of aromatic nitrogens is 1. The second-order valence-corrected chi connectivity index (χ2v) is 7.25. The van der Waals surface area contributed by atoms with E-state index in [0.717, 1.165) is 50.5 Å². The second-order valence-electron chi connectivity index (χ2n) is 7.25. The average molecular weight is 558 g/mol. The fraction of sp³-hybridized carbons (Fsp3) is 0.478. The Morgan fingerprint density at radius 2 is 2.06 bits per heavy atom. The zero-order valence-corrected chi connectivity index (χ0v) is 20.7. The van der Waals surface area contributed by atoms with Crippen molar-refractivity contribution in [3.05, 3.63) is 54.0 Å². The van der Waals surface area contributed by atoms with Crippen molar-refractivity contribution in [2.24, 2.45) is 4.99 Å². The lowest BCUT2D eigenvalue weighted by Crippen LogP contribution is -2.38. The molecule has 32 heavy (non-hydrogen) atoms. The minimum absolute atomic E-state index is 0. The van der Waals surface area contributed by atoms with Crippen LogP contribution in [0.3, 0.4) is 0 Å². The third kappa shape index (κ3) is 9.66. The van der Waals surface area contributed by atoms with Gasteiger partial charge in [0.05, 0.1) is 19.3 Å². The van der Waals surface area contributed by atoms with E-state index in [-0.39, 0.29) is 35.9 Å². The zero-order chi connectivity index (χ0) is 21.7. The molecular weight excluding hydrogens is 526 g/mol. The van der Waals surface area contributed by atoms with Crippen molar-refractivity contribution in [2.75, 3.05) is 32.9 Å². The summed E-state index contributed by atoms with van der Waals surface area (Å²) >= 11 is 0. The summed E-state index contributed by atoms with van der Waals surface area (Å²) in [5, 5.41) is 6.56. The highest BCUT2D eigenvalue weighted by Crippen LogP contribution is 2.19. The molecule has 176 valence electrons. The van der Waals surface area contributed by atoms with Gasteiger partial charge >= 0.3 is 0 Å². The van der Waals surface area contributed by atoms with E-state index >= 15 is 0 Å². The van der Waals surface area contributed by atoms with E-state index < -0.39 is 0 Å². The Balaban J connectivity index is 0.00000363. The summed E-state index contributed by atoms with van der Waals surface area (Å²) in [5.74, 6) is 1.45. The van der Waals surface area contributed by atoms with Gasteiger partial charge in [0.1, 0.15) is 11.6 Å². The summed E-state index contributed by atoms with van der Waals surface area (Å²) in [5.41, 5.74) is 0.962. The average Bonchev–Trinajstić information content (AvgIpc) is 3.30. The third-order valence-corrected chi connectivity index (χ3v) is 4.68. The molecule has 0 saturated carbocycles. The molecule has 0 amide bonds. The van der Waals surface area contributed by atoms with Crippen LogP contribution in [0.25, 0.3) is 0 Å². The number of nitrogens with zero attached hydrogens (tertiary/aromatic N) is 2. The molecule has 1 aliphatic rings. The fourth-order valence-electron chi connectivity index (χ4n) is 3.07. The molecule has 1 fully saturated rings. The normalized spacial score (nSPS) is 15.8. The summed E-state index contributed by atoms with van der Waals surface area (Å²) in [6.07, 6.45) is 5.13. The lowest BCUT2D eigenvalue weighted by Gasteiger charge is -2.12. The van der Waals surface area contributed by atoms with Gasteiger partial charge in [0, 0.05) is 38.6 Å². The molecule has 1 unspecified atom stereocenters. The van der Waals surface area contributed by atoms with Gasteiger partial charge in [-0.1, -0.05) is 6.07 Å². The van der Waals surface area contributed by atoms with Gasteiger partial charge < -0.3 is 24.8 Å². The van der Waals surface area contributed by atoms with E-state index in [9.17, 15) is 4.39 Å². The number of aliphatic imine (C=N–C) groups is 1. The molecule has 0 bridgehead atoms. The predicted octanol–water partition coefficient (Wildman–Crippen LogP) is 4.27. The molecule has 0 radical (unpaired) electrons. The highest BCUT2D eigenvalue weighted by atomic mass is 127. The van der Waals surface area contributed by atoms with Gasteiger partial charge in [0.25, 0.3) is 0 Å². The molecule has 0 spiro atoms. The summed E-state index contributed by atoms with van der Waals surface area (Å²) in [6.45, 7) is 6.33. The number of hydrogen-bond acceptors (Lipinski definition) is 5. The minimum atomic E-state index is -0.301. The molecule has 1 saturated heterocycles. The highest BCUT2D eigenvalue weighted by molar-refractivity contribution is 14.0. The largest absolute Gasteiger partial charge is 0.439 e. The zero-order valence-electron chi connectivity index (χ0n) is 18.4. The number of ether oxygens (including phenoxy) is 3. The Morgan fingerprint density at radius 1 is 1.22 bits per heavy atom. The van der Waals surface area contributed by atoms with Crippen molar-refractivity contribution in [1.82, 2.24) is 15.6 Å². The standard InChI is InChI=1S/C23H31FN4O3.HI/c1-2-25-23(26-12-4-13-29-17-21-5-3-14-30-21)28-16-18-6-11-22(27-15-18)31-20-9-7-19(24)8-10-20;/h6-11,15,21H,2-5,12-14,16-17H2,1H3,(H2,25,26,28);1H. The Labute approximate surface area is 206 Å². The molecule has 0 aliphatic carbocycles. The Kier molecular flexibility index (Phi) is 12.3. The van der Waals surface area contributed by atoms with Crippen molar-refractivity contribution >= 4 is 29.9 Å². The number of halogens is 2. The molecule has 1 aromatic carbocycles. The molecule has 2 N–H and O–H groups in total. The molecule has 3 rings (SSSR count). The summed E-state index contributed by atoms with van der Waals surface area (Å²) in [6, 6.07) is 9.53. The lowest BCUT2D eigenvalue weighted by molar-refractivity contribution is 0.0168. The van der Waals surface area contributed by atoms with Crippen molar-refractivity contribution in [1.29, 1.82) is 0 Å². The van der Waals surface area contributed by atoms with E-state index in [2.05, 4.69) is 20.6 Å². The Bertz CT molecular complexity index is 800. The first-order valence-electron chi connectivity index (χ1n) is 10.8. The molecule has 9 heteroatoms.